The third kappa shape index (κ3) is 1.68. The molecule has 0 aromatic rings. The second kappa shape index (κ2) is 3.60. The minimum absolute atomic E-state index is 0.0732. The molecule has 0 spiro atoms. The van der Waals surface area contributed by atoms with Gasteiger partial charge in [0, 0.05) is 18.1 Å². The predicted octanol–water partition coefficient (Wildman–Crippen LogP) is 2.32. The van der Waals surface area contributed by atoms with E-state index in [1.807, 2.05) is 0 Å². The minimum Gasteiger partial charge on any atom is -0.482 e. The monoisotopic (exact) mass is 260 g/mol. The van der Waals surface area contributed by atoms with E-state index in [4.69, 9.17) is 27.9 Å². The third-order valence-corrected chi connectivity index (χ3v) is 3.71. The number of ether oxygens (including phenoxy) is 1. The Hall–Kier alpha value is -0.800. The molecule has 2 aliphatic rings. The Kier molecular flexibility index (Phi) is 2.63. The first-order valence-corrected chi connectivity index (χ1v) is 5.67. The van der Waals surface area contributed by atoms with Gasteiger partial charge >= 0.3 is 0 Å². The lowest BCUT2D eigenvalue weighted by Gasteiger charge is -2.37. The van der Waals surface area contributed by atoms with Gasteiger partial charge in [0.2, 0.25) is 11.6 Å². The number of rotatable bonds is 0. The molecule has 3 nitrogen and oxygen atoms in total. The van der Waals surface area contributed by atoms with E-state index in [-0.39, 0.29) is 33.3 Å². The molecular weight excluding hydrogens is 251 g/mol. The Morgan fingerprint density at radius 1 is 1.44 bits per heavy atom. The normalized spacial score (nSPS) is 28.5. The molecule has 1 aliphatic carbocycles. The second-order valence-corrected chi connectivity index (χ2v) is 5.30. The standard InChI is InChI=1S/C11H10Cl2O3/c1-11(2)8(13)3-5-9(15)6(12)4-7(14)10(5)16-11/h4,8H,3H2,1-2H3/t8-/m1/s1. The molecule has 5 heteroatoms. The van der Waals surface area contributed by atoms with E-state index in [0.29, 0.717) is 6.42 Å². The number of carbonyl (C=O) groups excluding carboxylic acids is 2. The molecule has 0 saturated carbocycles. The Bertz CT molecular complexity index is 446. The first kappa shape index (κ1) is 11.7. The van der Waals surface area contributed by atoms with Crippen LogP contribution in [-0.4, -0.2) is 22.5 Å². The van der Waals surface area contributed by atoms with Crippen molar-refractivity contribution in [3.05, 3.63) is 22.4 Å². The first-order valence-electron chi connectivity index (χ1n) is 4.85. The van der Waals surface area contributed by atoms with Crippen molar-refractivity contribution >= 4 is 34.8 Å². The second-order valence-electron chi connectivity index (χ2n) is 4.37. The lowest BCUT2D eigenvalue weighted by Crippen LogP contribution is -2.42. The van der Waals surface area contributed by atoms with Gasteiger partial charge in [0.1, 0.15) is 5.60 Å². The van der Waals surface area contributed by atoms with E-state index in [1.54, 1.807) is 13.8 Å². The van der Waals surface area contributed by atoms with Gasteiger partial charge in [0.15, 0.2) is 5.76 Å². The van der Waals surface area contributed by atoms with E-state index in [2.05, 4.69) is 0 Å². The Labute approximate surface area is 103 Å². The summed E-state index contributed by atoms with van der Waals surface area (Å²) in [6, 6.07) is 0. The molecule has 0 saturated heterocycles. The van der Waals surface area contributed by atoms with Crippen LogP contribution in [-0.2, 0) is 14.3 Å². The largest absolute Gasteiger partial charge is 0.482 e. The van der Waals surface area contributed by atoms with E-state index in [1.165, 1.54) is 0 Å². The van der Waals surface area contributed by atoms with Crippen LogP contribution < -0.4 is 0 Å². The van der Waals surface area contributed by atoms with Gasteiger partial charge in [0.25, 0.3) is 0 Å². The fourth-order valence-corrected chi connectivity index (χ4v) is 2.10. The van der Waals surface area contributed by atoms with Crippen molar-refractivity contribution in [2.24, 2.45) is 0 Å². The van der Waals surface area contributed by atoms with Gasteiger partial charge in [-0.25, -0.2) is 0 Å². The molecule has 0 fully saturated rings. The van der Waals surface area contributed by atoms with Crippen LogP contribution in [0.1, 0.15) is 20.3 Å². The first-order chi connectivity index (χ1) is 7.33. The minimum atomic E-state index is -0.659. The zero-order chi connectivity index (χ0) is 12.1. The molecule has 0 unspecified atom stereocenters. The molecule has 86 valence electrons. The van der Waals surface area contributed by atoms with Crippen molar-refractivity contribution < 1.29 is 14.3 Å². The lowest BCUT2D eigenvalue weighted by atomic mass is 9.88. The highest BCUT2D eigenvalue weighted by molar-refractivity contribution is 6.48. The highest BCUT2D eigenvalue weighted by Crippen LogP contribution is 2.38. The zero-order valence-electron chi connectivity index (χ0n) is 8.84. The number of allylic oxidation sites excluding steroid dienone is 3. The summed E-state index contributed by atoms with van der Waals surface area (Å²) in [7, 11) is 0. The van der Waals surface area contributed by atoms with Crippen molar-refractivity contribution in [3.8, 4) is 0 Å². The maximum atomic E-state index is 11.7. The molecule has 1 aliphatic heterocycles. The predicted molar refractivity (Wildman–Crippen MR) is 60.4 cm³/mol. The fourth-order valence-electron chi connectivity index (χ4n) is 1.69. The SMILES string of the molecule is CC1(C)OC2=C(C[C@H]1Cl)C(=O)C(Cl)=CC2=O. The van der Waals surface area contributed by atoms with Crippen molar-refractivity contribution in [1.29, 1.82) is 0 Å². The summed E-state index contributed by atoms with van der Waals surface area (Å²) in [6.45, 7) is 3.57. The van der Waals surface area contributed by atoms with Crippen molar-refractivity contribution in [2.45, 2.75) is 31.2 Å². The molecular formula is C11H10Cl2O3. The van der Waals surface area contributed by atoms with E-state index in [0.717, 1.165) is 6.08 Å². The quantitative estimate of drug-likeness (QED) is 0.496. The van der Waals surface area contributed by atoms with Crippen molar-refractivity contribution in [2.75, 3.05) is 0 Å². The van der Waals surface area contributed by atoms with E-state index >= 15 is 0 Å². The molecule has 16 heavy (non-hydrogen) atoms. The van der Waals surface area contributed by atoms with Crippen LogP contribution in [0, 0.1) is 0 Å². The van der Waals surface area contributed by atoms with Crippen LogP contribution in [0.3, 0.4) is 0 Å². The van der Waals surface area contributed by atoms with Crippen LogP contribution >= 0.6 is 23.2 Å². The summed E-state index contributed by atoms with van der Waals surface area (Å²) >= 11 is 11.8. The van der Waals surface area contributed by atoms with Gasteiger partial charge in [-0.05, 0) is 13.8 Å². The lowest BCUT2D eigenvalue weighted by molar-refractivity contribution is -0.122. The number of Topliss-reactive ketones (excluding diaryl/α,β-unsaturated/α-hetero) is 1. The van der Waals surface area contributed by atoms with Crippen LogP contribution in [0.5, 0.6) is 0 Å². The molecule has 2 rings (SSSR count). The summed E-state index contributed by atoms with van der Waals surface area (Å²) in [4.78, 5) is 23.4. The molecule has 0 aromatic carbocycles. The number of hydrogen-bond donors (Lipinski definition) is 0. The Morgan fingerprint density at radius 3 is 2.69 bits per heavy atom. The molecule has 0 aromatic heterocycles. The number of hydrogen-bond acceptors (Lipinski definition) is 3. The summed E-state index contributed by atoms with van der Waals surface area (Å²) < 4.78 is 5.50. The maximum Gasteiger partial charge on any atom is 0.222 e. The van der Waals surface area contributed by atoms with Gasteiger partial charge in [-0.3, -0.25) is 9.59 Å². The molecule has 0 radical (unpaired) electrons. The van der Waals surface area contributed by atoms with Crippen LogP contribution in [0.25, 0.3) is 0 Å². The van der Waals surface area contributed by atoms with Crippen molar-refractivity contribution in [1.82, 2.24) is 0 Å². The van der Waals surface area contributed by atoms with Gasteiger partial charge in [0.05, 0.1) is 10.4 Å². The zero-order valence-corrected chi connectivity index (χ0v) is 10.4. The highest BCUT2D eigenvalue weighted by Gasteiger charge is 2.42. The number of carbonyl (C=O) groups is 2. The van der Waals surface area contributed by atoms with Crippen LogP contribution in [0.15, 0.2) is 22.4 Å². The average molecular weight is 261 g/mol. The maximum absolute atomic E-state index is 11.7. The smallest absolute Gasteiger partial charge is 0.222 e. The van der Waals surface area contributed by atoms with E-state index < -0.39 is 5.60 Å². The van der Waals surface area contributed by atoms with E-state index in [9.17, 15) is 9.59 Å². The molecule has 1 heterocycles. The van der Waals surface area contributed by atoms with Gasteiger partial charge in [-0.15, -0.1) is 11.6 Å². The molecule has 0 N–H and O–H groups in total. The molecule has 1 atom stereocenters. The summed E-state index contributed by atoms with van der Waals surface area (Å²) in [5.41, 5.74) is -0.370. The topological polar surface area (TPSA) is 43.4 Å². The number of alkyl halides is 1. The Morgan fingerprint density at radius 2 is 2.06 bits per heavy atom. The van der Waals surface area contributed by atoms with Crippen LogP contribution in [0.2, 0.25) is 0 Å². The van der Waals surface area contributed by atoms with Gasteiger partial charge in [-0.2, -0.15) is 0 Å². The van der Waals surface area contributed by atoms with Gasteiger partial charge < -0.3 is 4.74 Å². The summed E-state index contributed by atoms with van der Waals surface area (Å²) in [5, 5.41) is -0.429. The average Bonchev–Trinajstić information content (AvgIpc) is 2.18. The number of ketones is 2. The van der Waals surface area contributed by atoms with Gasteiger partial charge in [-0.1, -0.05) is 11.6 Å². The highest BCUT2D eigenvalue weighted by atomic mass is 35.5. The molecule has 0 amide bonds. The van der Waals surface area contributed by atoms with Crippen LogP contribution in [0.4, 0.5) is 0 Å². The summed E-state index contributed by atoms with van der Waals surface area (Å²) in [5.74, 6) is -0.634. The summed E-state index contributed by atoms with van der Waals surface area (Å²) in [6.07, 6.45) is 1.39. The molecule has 0 bridgehead atoms. The third-order valence-electron chi connectivity index (χ3n) is 2.75. The number of halogens is 2. The fraction of sp³-hybridized carbons (Fsp3) is 0.455. The van der Waals surface area contributed by atoms with Crippen molar-refractivity contribution in [3.63, 3.8) is 0 Å². The Balaban J connectivity index is 2.46.